The number of aryl methyl sites for hydroxylation is 1. The predicted octanol–water partition coefficient (Wildman–Crippen LogP) is 2.34. The second-order valence-electron chi connectivity index (χ2n) is 5.24. The summed E-state index contributed by atoms with van der Waals surface area (Å²) in [5.74, 6) is 0. The van der Waals surface area contributed by atoms with Crippen molar-refractivity contribution in [3.63, 3.8) is 0 Å². The number of aliphatic hydroxyl groups excluding tert-OH is 1. The Hall–Kier alpha value is -1.72. The minimum atomic E-state index is -0.600. The molecule has 106 valence electrons. The van der Waals surface area contributed by atoms with Gasteiger partial charge in [0.2, 0.25) is 0 Å². The summed E-state index contributed by atoms with van der Waals surface area (Å²) < 4.78 is 7.45. The van der Waals surface area contributed by atoms with Crippen LogP contribution in [0.25, 0.3) is 5.69 Å². The molecule has 1 aliphatic heterocycles. The normalized spacial score (nSPS) is 22.8. The number of aromatic nitrogens is 3. The van der Waals surface area contributed by atoms with Gasteiger partial charge in [0.15, 0.2) is 0 Å². The van der Waals surface area contributed by atoms with Gasteiger partial charge in [-0.2, -0.15) is 0 Å². The standard InChI is InChI=1S/C15H19N3O2/c1-4-11-7-18(8-16-11)12-5-13(9(2)19)17-14(6-12)15-10(3)20-15/h5-10,15,19H,4H2,1-3H3. The predicted molar refractivity (Wildman–Crippen MR) is 74.7 cm³/mol. The molecular weight excluding hydrogens is 254 g/mol. The van der Waals surface area contributed by atoms with Crippen LogP contribution in [0.15, 0.2) is 24.7 Å². The summed E-state index contributed by atoms with van der Waals surface area (Å²) in [6.07, 6.45) is 4.34. The Morgan fingerprint density at radius 1 is 1.45 bits per heavy atom. The Balaban J connectivity index is 2.02. The third-order valence-corrected chi connectivity index (χ3v) is 3.58. The average molecular weight is 273 g/mol. The van der Waals surface area contributed by atoms with Gasteiger partial charge in [0.25, 0.3) is 0 Å². The zero-order valence-corrected chi connectivity index (χ0v) is 11.9. The molecule has 2 aromatic heterocycles. The van der Waals surface area contributed by atoms with Crippen LogP contribution in [-0.2, 0) is 11.2 Å². The topological polar surface area (TPSA) is 63.5 Å². The molecule has 0 saturated carbocycles. The molecule has 3 unspecified atom stereocenters. The first-order valence-corrected chi connectivity index (χ1v) is 6.97. The summed E-state index contributed by atoms with van der Waals surface area (Å²) in [7, 11) is 0. The molecule has 0 bridgehead atoms. The van der Waals surface area contributed by atoms with E-state index in [-0.39, 0.29) is 12.2 Å². The third kappa shape index (κ3) is 2.46. The molecule has 0 aliphatic carbocycles. The van der Waals surface area contributed by atoms with Crippen LogP contribution in [0.5, 0.6) is 0 Å². The van der Waals surface area contributed by atoms with Gasteiger partial charge in [-0.15, -0.1) is 0 Å². The largest absolute Gasteiger partial charge is 0.387 e. The number of epoxide rings is 1. The van der Waals surface area contributed by atoms with Crippen molar-refractivity contribution in [2.45, 2.75) is 45.5 Å². The first kappa shape index (κ1) is 13.3. The minimum Gasteiger partial charge on any atom is -0.387 e. The molecule has 3 rings (SSSR count). The van der Waals surface area contributed by atoms with Gasteiger partial charge < -0.3 is 14.4 Å². The highest BCUT2D eigenvalue weighted by atomic mass is 16.6. The molecule has 20 heavy (non-hydrogen) atoms. The van der Waals surface area contributed by atoms with Gasteiger partial charge in [-0.25, -0.2) is 4.98 Å². The molecule has 2 aromatic rings. The van der Waals surface area contributed by atoms with E-state index in [0.717, 1.165) is 23.5 Å². The number of pyridine rings is 1. The summed E-state index contributed by atoms with van der Waals surface area (Å²) in [5.41, 5.74) is 3.53. The van der Waals surface area contributed by atoms with Crippen molar-refractivity contribution in [1.82, 2.24) is 14.5 Å². The van der Waals surface area contributed by atoms with Gasteiger partial charge in [-0.05, 0) is 32.4 Å². The van der Waals surface area contributed by atoms with Gasteiger partial charge in [-0.1, -0.05) is 6.92 Å². The van der Waals surface area contributed by atoms with E-state index < -0.39 is 6.10 Å². The summed E-state index contributed by atoms with van der Waals surface area (Å²) >= 11 is 0. The van der Waals surface area contributed by atoms with Crippen LogP contribution in [0.1, 0.15) is 50.1 Å². The van der Waals surface area contributed by atoms with Crippen molar-refractivity contribution >= 4 is 0 Å². The lowest BCUT2D eigenvalue weighted by atomic mass is 10.1. The summed E-state index contributed by atoms with van der Waals surface area (Å²) in [5, 5.41) is 9.81. The van der Waals surface area contributed by atoms with Crippen molar-refractivity contribution in [3.05, 3.63) is 41.7 Å². The Bertz CT molecular complexity index is 621. The van der Waals surface area contributed by atoms with Gasteiger partial charge in [0, 0.05) is 6.20 Å². The Morgan fingerprint density at radius 2 is 2.20 bits per heavy atom. The molecule has 5 nitrogen and oxygen atoms in total. The third-order valence-electron chi connectivity index (χ3n) is 3.58. The highest BCUT2D eigenvalue weighted by Crippen LogP contribution is 2.38. The molecule has 0 aromatic carbocycles. The second kappa shape index (κ2) is 5.00. The average Bonchev–Trinajstić information content (AvgIpc) is 3.00. The van der Waals surface area contributed by atoms with Crippen LogP contribution < -0.4 is 0 Å². The quantitative estimate of drug-likeness (QED) is 0.868. The van der Waals surface area contributed by atoms with Crippen LogP contribution in [0, 0.1) is 0 Å². The van der Waals surface area contributed by atoms with Crippen molar-refractivity contribution in [2.75, 3.05) is 0 Å². The minimum absolute atomic E-state index is 0.0432. The summed E-state index contributed by atoms with van der Waals surface area (Å²) in [4.78, 5) is 8.83. The lowest BCUT2D eigenvalue weighted by Gasteiger charge is -2.10. The first-order chi connectivity index (χ1) is 9.58. The van der Waals surface area contributed by atoms with Crippen molar-refractivity contribution in [2.24, 2.45) is 0 Å². The zero-order chi connectivity index (χ0) is 14.3. The molecule has 0 radical (unpaired) electrons. The molecule has 1 fully saturated rings. The van der Waals surface area contributed by atoms with E-state index in [1.165, 1.54) is 0 Å². The zero-order valence-electron chi connectivity index (χ0n) is 11.9. The maximum atomic E-state index is 9.81. The molecule has 0 spiro atoms. The lowest BCUT2D eigenvalue weighted by molar-refractivity contribution is 0.194. The number of hydrogen-bond donors (Lipinski definition) is 1. The number of imidazole rings is 1. The molecule has 1 aliphatic rings. The summed E-state index contributed by atoms with van der Waals surface area (Å²) in [6.45, 7) is 5.82. The van der Waals surface area contributed by atoms with E-state index in [2.05, 4.69) is 16.9 Å². The van der Waals surface area contributed by atoms with E-state index in [0.29, 0.717) is 5.69 Å². The monoisotopic (exact) mass is 273 g/mol. The maximum Gasteiger partial charge on any atom is 0.126 e. The Labute approximate surface area is 118 Å². The van der Waals surface area contributed by atoms with Gasteiger partial charge >= 0.3 is 0 Å². The molecule has 0 amide bonds. The van der Waals surface area contributed by atoms with E-state index in [4.69, 9.17) is 4.74 Å². The van der Waals surface area contributed by atoms with Crippen LogP contribution >= 0.6 is 0 Å². The van der Waals surface area contributed by atoms with Crippen molar-refractivity contribution in [1.29, 1.82) is 0 Å². The van der Waals surface area contributed by atoms with Gasteiger partial charge in [0.05, 0.1) is 41.3 Å². The molecular formula is C15H19N3O2. The van der Waals surface area contributed by atoms with Crippen molar-refractivity contribution < 1.29 is 9.84 Å². The number of nitrogens with zero attached hydrogens (tertiary/aromatic N) is 3. The molecule has 3 heterocycles. The molecule has 1 N–H and O–H groups in total. The molecule has 3 atom stereocenters. The van der Waals surface area contributed by atoms with E-state index >= 15 is 0 Å². The Morgan fingerprint density at radius 3 is 2.75 bits per heavy atom. The fourth-order valence-corrected chi connectivity index (χ4v) is 2.25. The molecule has 5 heteroatoms. The Kier molecular flexibility index (Phi) is 3.31. The highest BCUT2D eigenvalue weighted by Gasteiger charge is 2.37. The van der Waals surface area contributed by atoms with Gasteiger partial charge in [0.1, 0.15) is 6.10 Å². The maximum absolute atomic E-state index is 9.81. The van der Waals surface area contributed by atoms with Gasteiger partial charge in [-0.3, -0.25) is 4.98 Å². The molecule has 1 saturated heterocycles. The number of aliphatic hydroxyl groups is 1. The SMILES string of the molecule is CCc1cn(-c2cc(C(C)O)nc(C3OC3C)c2)cn1. The van der Waals surface area contributed by atoms with E-state index in [1.54, 1.807) is 13.3 Å². The summed E-state index contributed by atoms with van der Waals surface area (Å²) in [6, 6.07) is 3.89. The smallest absolute Gasteiger partial charge is 0.126 e. The number of rotatable bonds is 4. The van der Waals surface area contributed by atoms with Crippen molar-refractivity contribution in [3.8, 4) is 5.69 Å². The lowest BCUT2D eigenvalue weighted by Crippen LogP contribution is -2.03. The van der Waals surface area contributed by atoms with E-state index in [1.807, 2.05) is 29.8 Å². The van der Waals surface area contributed by atoms with Crippen LogP contribution in [-0.4, -0.2) is 25.7 Å². The fraction of sp³-hybridized carbons (Fsp3) is 0.467. The number of hydrogen-bond acceptors (Lipinski definition) is 4. The van der Waals surface area contributed by atoms with Crippen LogP contribution in [0.4, 0.5) is 0 Å². The van der Waals surface area contributed by atoms with E-state index in [9.17, 15) is 5.11 Å². The van der Waals surface area contributed by atoms with Crippen LogP contribution in [0.2, 0.25) is 0 Å². The second-order valence-corrected chi connectivity index (χ2v) is 5.24. The number of ether oxygens (including phenoxy) is 1. The van der Waals surface area contributed by atoms with Crippen LogP contribution in [0.3, 0.4) is 0 Å². The highest BCUT2D eigenvalue weighted by molar-refractivity contribution is 5.38. The fourth-order valence-electron chi connectivity index (χ4n) is 2.25. The first-order valence-electron chi connectivity index (χ1n) is 6.97.